The van der Waals surface area contributed by atoms with Crippen molar-refractivity contribution in [1.29, 1.82) is 0 Å². The molecule has 7 heteroatoms. The minimum Gasteiger partial charge on any atom is -0.480 e. The summed E-state index contributed by atoms with van der Waals surface area (Å²) in [6.45, 7) is 1.97. The van der Waals surface area contributed by atoms with E-state index < -0.39 is 22.0 Å². The van der Waals surface area contributed by atoms with Crippen molar-refractivity contribution in [3.05, 3.63) is 24.3 Å². The number of anilines is 1. The summed E-state index contributed by atoms with van der Waals surface area (Å²) in [5, 5.41) is 9.32. The molecular formula is C13H18N2O4S. The molecule has 1 aromatic carbocycles. The van der Waals surface area contributed by atoms with Gasteiger partial charge in [-0.1, -0.05) is 19.1 Å². The first-order chi connectivity index (χ1) is 9.35. The molecule has 3 N–H and O–H groups in total. The molecule has 0 bridgehead atoms. The number of carbonyl (C=O) groups is 1. The van der Waals surface area contributed by atoms with Gasteiger partial charge in [-0.05, 0) is 30.9 Å². The zero-order valence-electron chi connectivity index (χ0n) is 11.2. The van der Waals surface area contributed by atoms with Crippen LogP contribution in [-0.4, -0.2) is 36.4 Å². The van der Waals surface area contributed by atoms with Crippen LogP contribution in [0.5, 0.6) is 0 Å². The SMILES string of the molecule is CC1CCCN(S(=O)(=O)c2ccccc2N)C1C(=O)O. The van der Waals surface area contributed by atoms with E-state index in [-0.39, 0.29) is 23.0 Å². The fourth-order valence-corrected chi connectivity index (χ4v) is 4.46. The Bertz CT molecular complexity index is 615. The van der Waals surface area contributed by atoms with Crippen LogP contribution in [-0.2, 0) is 14.8 Å². The summed E-state index contributed by atoms with van der Waals surface area (Å²) >= 11 is 0. The topological polar surface area (TPSA) is 101 Å². The molecule has 110 valence electrons. The highest BCUT2D eigenvalue weighted by molar-refractivity contribution is 7.89. The molecule has 2 rings (SSSR count). The second-order valence-electron chi connectivity index (χ2n) is 5.06. The molecule has 1 aliphatic rings. The van der Waals surface area contributed by atoms with Crippen LogP contribution in [0.15, 0.2) is 29.2 Å². The normalized spacial score (nSPS) is 24.4. The van der Waals surface area contributed by atoms with Gasteiger partial charge in [0.1, 0.15) is 10.9 Å². The van der Waals surface area contributed by atoms with Crippen molar-refractivity contribution in [2.75, 3.05) is 12.3 Å². The van der Waals surface area contributed by atoms with E-state index in [1.54, 1.807) is 19.1 Å². The Hall–Kier alpha value is -1.60. The maximum atomic E-state index is 12.7. The van der Waals surface area contributed by atoms with Crippen molar-refractivity contribution in [2.45, 2.75) is 30.7 Å². The molecule has 0 aliphatic carbocycles. The first kappa shape index (κ1) is 14.8. The lowest BCUT2D eigenvalue weighted by atomic mass is 9.93. The summed E-state index contributed by atoms with van der Waals surface area (Å²) in [7, 11) is -3.89. The molecule has 2 atom stereocenters. The molecule has 0 saturated carbocycles. The van der Waals surface area contributed by atoms with E-state index in [2.05, 4.69) is 0 Å². The molecule has 1 heterocycles. The molecule has 0 spiro atoms. The highest BCUT2D eigenvalue weighted by Crippen LogP contribution is 2.31. The summed E-state index contributed by atoms with van der Waals surface area (Å²) in [6, 6.07) is 5.08. The van der Waals surface area contributed by atoms with Gasteiger partial charge in [-0.15, -0.1) is 0 Å². The lowest BCUT2D eigenvalue weighted by Crippen LogP contribution is -2.51. The molecule has 6 nitrogen and oxygen atoms in total. The lowest BCUT2D eigenvalue weighted by Gasteiger charge is -2.36. The van der Waals surface area contributed by atoms with E-state index in [0.717, 1.165) is 4.31 Å². The van der Waals surface area contributed by atoms with Gasteiger partial charge >= 0.3 is 5.97 Å². The summed E-state index contributed by atoms with van der Waals surface area (Å²) in [5.41, 5.74) is 5.85. The van der Waals surface area contributed by atoms with Gasteiger partial charge in [-0.2, -0.15) is 4.31 Å². The number of aliphatic carboxylic acids is 1. The lowest BCUT2D eigenvalue weighted by molar-refractivity contribution is -0.144. The largest absolute Gasteiger partial charge is 0.480 e. The van der Waals surface area contributed by atoms with Crippen LogP contribution in [0.1, 0.15) is 19.8 Å². The highest BCUT2D eigenvalue weighted by Gasteiger charge is 2.42. The smallest absolute Gasteiger partial charge is 0.322 e. The van der Waals surface area contributed by atoms with E-state index in [0.29, 0.717) is 12.8 Å². The fourth-order valence-electron chi connectivity index (χ4n) is 2.63. The number of hydrogen-bond acceptors (Lipinski definition) is 4. The Labute approximate surface area is 118 Å². The third kappa shape index (κ3) is 2.51. The number of benzene rings is 1. The number of nitrogen functional groups attached to an aromatic ring is 1. The molecule has 1 fully saturated rings. The van der Waals surface area contributed by atoms with E-state index in [4.69, 9.17) is 5.73 Å². The van der Waals surface area contributed by atoms with Gasteiger partial charge in [-0.25, -0.2) is 8.42 Å². The third-order valence-corrected chi connectivity index (χ3v) is 5.60. The standard InChI is InChI=1S/C13H18N2O4S/c1-9-5-4-8-15(12(9)13(16)17)20(18,19)11-7-3-2-6-10(11)14/h2-3,6-7,9,12H,4-5,8,14H2,1H3,(H,16,17). The molecule has 2 unspecified atom stereocenters. The van der Waals surface area contributed by atoms with Crippen LogP contribution >= 0.6 is 0 Å². The van der Waals surface area contributed by atoms with Crippen molar-refractivity contribution < 1.29 is 18.3 Å². The van der Waals surface area contributed by atoms with Gasteiger partial charge in [-0.3, -0.25) is 4.79 Å². The summed E-state index contributed by atoms with van der Waals surface area (Å²) in [6.07, 6.45) is 1.35. The number of hydrogen-bond donors (Lipinski definition) is 2. The fraction of sp³-hybridized carbons (Fsp3) is 0.462. The minimum absolute atomic E-state index is 0.0275. The zero-order chi connectivity index (χ0) is 14.9. The third-order valence-electron chi connectivity index (χ3n) is 3.65. The Morgan fingerprint density at radius 3 is 2.65 bits per heavy atom. The van der Waals surface area contributed by atoms with Gasteiger partial charge in [0.2, 0.25) is 10.0 Å². The van der Waals surface area contributed by atoms with Crippen LogP contribution in [0.2, 0.25) is 0 Å². The second kappa shape index (κ2) is 5.41. The number of para-hydroxylation sites is 1. The number of sulfonamides is 1. The molecule has 20 heavy (non-hydrogen) atoms. The second-order valence-corrected chi connectivity index (χ2v) is 6.92. The number of carboxylic acids is 1. The predicted molar refractivity (Wildman–Crippen MR) is 74.6 cm³/mol. The molecule has 1 aromatic rings. The van der Waals surface area contributed by atoms with Gasteiger partial charge in [0.25, 0.3) is 0 Å². The molecular weight excluding hydrogens is 280 g/mol. The molecule has 1 saturated heterocycles. The Morgan fingerprint density at radius 1 is 1.40 bits per heavy atom. The molecule has 0 radical (unpaired) electrons. The summed E-state index contributed by atoms with van der Waals surface area (Å²) < 4.78 is 26.4. The van der Waals surface area contributed by atoms with Crippen LogP contribution in [0, 0.1) is 5.92 Å². The van der Waals surface area contributed by atoms with Crippen LogP contribution in [0.25, 0.3) is 0 Å². The van der Waals surface area contributed by atoms with Crippen LogP contribution in [0.3, 0.4) is 0 Å². The van der Waals surface area contributed by atoms with Crippen molar-refractivity contribution in [2.24, 2.45) is 5.92 Å². The Morgan fingerprint density at radius 2 is 2.05 bits per heavy atom. The number of carboxylic acid groups (broad SMARTS) is 1. The van der Waals surface area contributed by atoms with Crippen LogP contribution < -0.4 is 5.73 Å². The van der Waals surface area contributed by atoms with Crippen LogP contribution in [0.4, 0.5) is 5.69 Å². The average molecular weight is 298 g/mol. The average Bonchev–Trinajstić information content (AvgIpc) is 2.38. The predicted octanol–water partition coefficient (Wildman–Crippen LogP) is 1.14. The van der Waals surface area contributed by atoms with Gasteiger partial charge in [0, 0.05) is 6.54 Å². The van der Waals surface area contributed by atoms with E-state index >= 15 is 0 Å². The zero-order valence-corrected chi connectivity index (χ0v) is 12.0. The monoisotopic (exact) mass is 298 g/mol. The van der Waals surface area contributed by atoms with E-state index in [9.17, 15) is 18.3 Å². The summed E-state index contributed by atoms with van der Waals surface area (Å²) in [4.78, 5) is 11.4. The van der Waals surface area contributed by atoms with Crippen molar-refractivity contribution in [3.8, 4) is 0 Å². The minimum atomic E-state index is -3.89. The van der Waals surface area contributed by atoms with Gasteiger partial charge < -0.3 is 10.8 Å². The van der Waals surface area contributed by atoms with Crippen molar-refractivity contribution >= 4 is 21.7 Å². The Kier molecular flexibility index (Phi) is 4.01. The number of nitrogens with zero attached hydrogens (tertiary/aromatic N) is 1. The van der Waals surface area contributed by atoms with E-state index in [1.807, 2.05) is 0 Å². The van der Waals surface area contributed by atoms with Gasteiger partial charge in [0.05, 0.1) is 5.69 Å². The number of piperidine rings is 1. The highest BCUT2D eigenvalue weighted by atomic mass is 32.2. The van der Waals surface area contributed by atoms with Crippen molar-refractivity contribution in [1.82, 2.24) is 4.31 Å². The quantitative estimate of drug-likeness (QED) is 0.815. The number of rotatable bonds is 3. The molecule has 0 aromatic heterocycles. The molecule has 1 aliphatic heterocycles. The van der Waals surface area contributed by atoms with Gasteiger partial charge in [0.15, 0.2) is 0 Å². The van der Waals surface area contributed by atoms with E-state index in [1.165, 1.54) is 12.1 Å². The maximum absolute atomic E-state index is 12.7. The first-order valence-electron chi connectivity index (χ1n) is 6.45. The Balaban J connectivity index is 2.47. The first-order valence-corrected chi connectivity index (χ1v) is 7.89. The molecule has 0 amide bonds. The summed E-state index contributed by atoms with van der Waals surface area (Å²) in [5.74, 6) is -1.34. The van der Waals surface area contributed by atoms with Crippen molar-refractivity contribution in [3.63, 3.8) is 0 Å². The number of nitrogens with two attached hydrogens (primary N) is 1. The maximum Gasteiger partial charge on any atom is 0.322 e.